The van der Waals surface area contributed by atoms with E-state index in [0.29, 0.717) is 5.78 Å². The monoisotopic (exact) mass is 231 g/mol. The van der Waals surface area contributed by atoms with Crippen molar-refractivity contribution in [3.05, 3.63) is 35.9 Å². The second kappa shape index (κ2) is 5.01. The molecule has 0 amide bonds. The molecule has 0 unspecified atom stereocenters. The average Bonchev–Trinajstić information content (AvgIpc) is 2.39. The lowest BCUT2D eigenvalue weighted by atomic mass is 9.75. The molecule has 0 bridgehead atoms. The Morgan fingerprint density at radius 1 is 1.06 bits per heavy atom. The maximum Gasteiger partial charge on any atom is 0.183 e. The average molecular weight is 231 g/mol. The third-order valence-corrected chi connectivity index (χ3v) is 4.00. The zero-order chi connectivity index (χ0) is 12.3. The van der Waals surface area contributed by atoms with Crippen LogP contribution in [0.2, 0.25) is 0 Å². The van der Waals surface area contributed by atoms with E-state index in [1.807, 2.05) is 44.4 Å². The second-order valence-corrected chi connectivity index (χ2v) is 5.18. The zero-order valence-corrected chi connectivity index (χ0v) is 10.8. The van der Waals surface area contributed by atoms with Crippen LogP contribution in [0.5, 0.6) is 0 Å². The maximum atomic E-state index is 12.7. The predicted molar refractivity (Wildman–Crippen MR) is 70.3 cm³/mol. The van der Waals surface area contributed by atoms with Crippen LogP contribution in [0.1, 0.15) is 42.5 Å². The lowest BCUT2D eigenvalue weighted by Crippen LogP contribution is -2.52. The minimum absolute atomic E-state index is 0.264. The largest absolute Gasteiger partial charge is 0.297 e. The van der Waals surface area contributed by atoms with E-state index in [4.69, 9.17) is 0 Å². The van der Waals surface area contributed by atoms with Gasteiger partial charge >= 0.3 is 0 Å². The van der Waals surface area contributed by atoms with Crippen molar-refractivity contribution < 1.29 is 4.79 Å². The van der Waals surface area contributed by atoms with Gasteiger partial charge in [-0.25, -0.2) is 0 Å². The Balaban J connectivity index is 2.31. The summed E-state index contributed by atoms with van der Waals surface area (Å²) in [7, 11) is 4.07. The summed E-state index contributed by atoms with van der Waals surface area (Å²) in [5.41, 5.74) is 0.586. The second-order valence-electron chi connectivity index (χ2n) is 5.18. The summed E-state index contributed by atoms with van der Waals surface area (Å²) >= 11 is 0. The number of rotatable bonds is 3. The van der Waals surface area contributed by atoms with Crippen LogP contribution in [0, 0.1) is 0 Å². The van der Waals surface area contributed by atoms with Gasteiger partial charge < -0.3 is 0 Å². The van der Waals surface area contributed by atoms with Crippen LogP contribution in [-0.2, 0) is 0 Å². The number of ketones is 1. The van der Waals surface area contributed by atoms with Crippen LogP contribution in [0.4, 0.5) is 0 Å². The molecule has 0 aromatic heterocycles. The van der Waals surface area contributed by atoms with Crippen molar-refractivity contribution in [2.24, 2.45) is 0 Å². The number of carbonyl (C=O) groups excluding carboxylic acids is 1. The van der Waals surface area contributed by atoms with Crippen LogP contribution in [-0.4, -0.2) is 30.3 Å². The van der Waals surface area contributed by atoms with Crippen molar-refractivity contribution in [2.45, 2.75) is 37.6 Å². The van der Waals surface area contributed by atoms with Crippen LogP contribution < -0.4 is 0 Å². The first kappa shape index (κ1) is 12.3. The molecule has 0 atom stereocenters. The highest BCUT2D eigenvalue weighted by molar-refractivity contribution is 6.03. The molecule has 0 N–H and O–H groups in total. The molecule has 2 rings (SSSR count). The number of hydrogen-bond acceptors (Lipinski definition) is 2. The van der Waals surface area contributed by atoms with Gasteiger partial charge in [-0.3, -0.25) is 9.69 Å². The Morgan fingerprint density at radius 2 is 1.65 bits per heavy atom. The SMILES string of the molecule is CN(C)C1(C(=O)c2ccccc2)CCCCC1. The molecule has 2 heteroatoms. The summed E-state index contributed by atoms with van der Waals surface area (Å²) in [5, 5.41) is 0. The number of nitrogens with zero attached hydrogens (tertiary/aromatic N) is 1. The van der Waals surface area contributed by atoms with E-state index in [0.717, 1.165) is 31.2 Å². The van der Waals surface area contributed by atoms with Crippen molar-refractivity contribution in [2.75, 3.05) is 14.1 Å². The standard InChI is InChI=1S/C15H21NO/c1-16(2)15(11-7-4-8-12-15)14(17)13-9-5-3-6-10-13/h3,5-6,9-10H,4,7-8,11-12H2,1-2H3. The number of carbonyl (C=O) groups is 1. The molecule has 0 saturated heterocycles. The maximum absolute atomic E-state index is 12.7. The molecule has 0 heterocycles. The van der Waals surface area contributed by atoms with Crippen LogP contribution in [0.3, 0.4) is 0 Å². The number of hydrogen-bond donors (Lipinski definition) is 0. The fourth-order valence-electron chi connectivity index (χ4n) is 2.87. The molecule has 1 aromatic rings. The summed E-state index contributed by atoms with van der Waals surface area (Å²) < 4.78 is 0. The van der Waals surface area contributed by atoms with Gasteiger partial charge in [0.05, 0.1) is 5.54 Å². The van der Waals surface area contributed by atoms with Gasteiger partial charge in [0, 0.05) is 5.56 Å². The minimum atomic E-state index is -0.264. The van der Waals surface area contributed by atoms with Gasteiger partial charge in [-0.05, 0) is 26.9 Å². The highest BCUT2D eigenvalue weighted by atomic mass is 16.1. The summed E-state index contributed by atoms with van der Waals surface area (Å²) in [4.78, 5) is 14.8. The van der Waals surface area contributed by atoms with E-state index >= 15 is 0 Å². The highest BCUT2D eigenvalue weighted by Crippen LogP contribution is 2.35. The van der Waals surface area contributed by atoms with Crippen molar-refractivity contribution in [3.8, 4) is 0 Å². The summed E-state index contributed by atoms with van der Waals surface area (Å²) in [5.74, 6) is 0.294. The van der Waals surface area contributed by atoms with Gasteiger partial charge in [-0.2, -0.15) is 0 Å². The summed E-state index contributed by atoms with van der Waals surface area (Å²) in [6.07, 6.45) is 5.58. The zero-order valence-electron chi connectivity index (χ0n) is 10.8. The third-order valence-electron chi connectivity index (χ3n) is 4.00. The predicted octanol–water partition coefficient (Wildman–Crippen LogP) is 3.13. The van der Waals surface area contributed by atoms with Crippen molar-refractivity contribution in [1.82, 2.24) is 4.90 Å². The molecule has 2 nitrogen and oxygen atoms in total. The Hall–Kier alpha value is -1.15. The molecule has 1 aromatic carbocycles. The number of likely N-dealkylation sites (N-methyl/N-ethyl adjacent to an activating group) is 1. The molecule has 1 saturated carbocycles. The molecule has 1 aliphatic rings. The fourth-order valence-corrected chi connectivity index (χ4v) is 2.87. The lowest BCUT2D eigenvalue weighted by Gasteiger charge is -2.41. The van der Waals surface area contributed by atoms with E-state index in [1.54, 1.807) is 0 Å². The molecular formula is C15H21NO. The van der Waals surface area contributed by atoms with E-state index in [9.17, 15) is 4.79 Å². The quantitative estimate of drug-likeness (QED) is 0.745. The van der Waals surface area contributed by atoms with Gasteiger partial charge in [-0.15, -0.1) is 0 Å². The summed E-state index contributed by atoms with van der Waals surface area (Å²) in [6.45, 7) is 0. The van der Waals surface area contributed by atoms with Gasteiger partial charge in [0.15, 0.2) is 5.78 Å². The first-order chi connectivity index (χ1) is 8.17. The molecule has 17 heavy (non-hydrogen) atoms. The fraction of sp³-hybridized carbons (Fsp3) is 0.533. The van der Waals surface area contributed by atoms with Crippen molar-refractivity contribution in [3.63, 3.8) is 0 Å². The van der Waals surface area contributed by atoms with Crippen molar-refractivity contribution >= 4 is 5.78 Å². The molecule has 0 radical (unpaired) electrons. The Morgan fingerprint density at radius 3 is 2.18 bits per heavy atom. The third kappa shape index (κ3) is 2.27. The van der Waals surface area contributed by atoms with Gasteiger partial charge in [-0.1, -0.05) is 49.6 Å². The highest BCUT2D eigenvalue weighted by Gasteiger charge is 2.41. The molecule has 0 spiro atoms. The Kier molecular flexibility index (Phi) is 3.63. The normalized spacial score (nSPS) is 19.2. The van der Waals surface area contributed by atoms with E-state index in [-0.39, 0.29) is 5.54 Å². The van der Waals surface area contributed by atoms with Crippen LogP contribution in [0.15, 0.2) is 30.3 Å². The summed E-state index contributed by atoms with van der Waals surface area (Å²) in [6, 6.07) is 9.71. The molecular weight excluding hydrogens is 210 g/mol. The molecule has 1 fully saturated rings. The molecule has 0 aliphatic heterocycles. The van der Waals surface area contributed by atoms with Gasteiger partial charge in [0.2, 0.25) is 0 Å². The first-order valence-corrected chi connectivity index (χ1v) is 6.44. The van der Waals surface area contributed by atoms with E-state index in [1.165, 1.54) is 6.42 Å². The van der Waals surface area contributed by atoms with Gasteiger partial charge in [0.25, 0.3) is 0 Å². The van der Waals surface area contributed by atoms with Gasteiger partial charge in [0.1, 0.15) is 0 Å². The van der Waals surface area contributed by atoms with Crippen LogP contribution in [0.25, 0.3) is 0 Å². The smallest absolute Gasteiger partial charge is 0.183 e. The molecule has 92 valence electrons. The number of benzene rings is 1. The van der Waals surface area contributed by atoms with E-state index in [2.05, 4.69) is 4.90 Å². The van der Waals surface area contributed by atoms with Crippen LogP contribution >= 0.6 is 0 Å². The lowest BCUT2D eigenvalue weighted by molar-refractivity contribution is 0.0564. The Bertz CT molecular complexity index is 377. The number of Topliss-reactive ketones (excluding diaryl/α,β-unsaturated/α-hetero) is 1. The molecule has 1 aliphatic carbocycles. The topological polar surface area (TPSA) is 20.3 Å². The first-order valence-electron chi connectivity index (χ1n) is 6.44. The minimum Gasteiger partial charge on any atom is -0.297 e. The Labute approximate surface area is 104 Å². The van der Waals surface area contributed by atoms with E-state index < -0.39 is 0 Å². The van der Waals surface area contributed by atoms with Crippen molar-refractivity contribution in [1.29, 1.82) is 0 Å².